The zero-order chi connectivity index (χ0) is 12.4. The first kappa shape index (κ1) is 12.9. The van der Waals surface area contributed by atoms with Gasteiger partial charge in [0.1, 0.15) is 0 Å². The molecule has 0 aromatic heterocycles. The Morgan fingerprint density at radius 2 is 1.82 bits per heavy atom. The van der Waals surface area contributed by atoms with Gasteiger partial charge in [-0.25, -0.2) is 0 Å². The standard InChI is InChI=1S/C14H26N2O/c1-13(9-10-13)12(17)16-14(8-5-11-15)6-3-2-4-7-14/h2-11,15H2,1H3,(H,16,17). The van der Waals surface area contributed by atoms with Crippen LogP contribution >= 0.6 is 0 Å². The number of rotatable bonds is 5. The van der Waals surface area contributed by atoms with Crippen molar-refractivity contribution in [3.8, 4) is 0 Å². The van der Waals surface area contributed by atoms with Crippen molar-refractivity contribution in [1.82, 2.24) is 5.32 Å². The number of nitrogens with one attached hydrogen (secondary N) is 1. The number of carbonyl (C=O) groups is 1. The highest BCUT2D eigenvalue weighted by Gasteiger charge is 2.47. The van der Waals surface area contributed by atoms with Crippen LogP contribution in [0.15, 0.2) is 0 Å². The van der Waals surface area contributed by atoms with Gasteiger partial charge in [-0.1, -0.05) is 26.2 Å². The van der Waals surface area contributed by atoms with E-state index in [1.807, 2.05) is 0 Å². The molecule has 0 radical (unpaired) electrons. The Morgan fingerprint density at radius 3 is 2.35 bits per heavy atom. The van der Waals surface area contributed by atoms with Crippen LogP contribution in [0.3, 0.4) is 0 Å². The lowest BCUT2D eigenvalue weighted by atomic mass is 9.78. The lowest BCUT2D eigenvalue weighted by Crippen LogP contribution is -2.52. The molecule has 17 heavy (non-hydrogen) atoms. The first-order chi connectivity index (χ1) is 8.10. The number of nitrogens with two attached hydrogens (primary N) is 1. The van der Waals surface area contributed by atoms with Gasteiger partial charge in [0.25, 0.3) is 0 Å². The highest BCUT2D eigenvalue weighted by atomic mass is 16.2. The summed E-state index contributed by atoms with van der Waals surface area (Å²) in [5.41, 5.74) is 5.64. The summed E-state index contributed by atoms with van der Waals surface area (Å²) in [6.07, 6.45) is 10.3. The molecule has 0 heterocycles. The van der Waals surface area contributed by atoms with Crippen LogP contribution in [0.1, 0.15) is 64.7 Å². The quantitative estimate of drug-likeness (QED) is 0.772. The van der Waals surface area contributed by atoms with Crippen LogP contribution in [0.4, 0.5) is 0 Å². The summed E-state index contributed by atoms with van der Waals surface area (Å²) in [5.74, 6) is 0.288. The van der Waals surface area contributed by atoms with Crippen LogP contribution in [0, 0.1) is 5.41 Å². The van der Waals surface area contributed by atoms with Crippen LogP contribution < -0.4 is 11.1 Å². The van der Waals surface area contributed by atoms with E-state index in [1.165, 1.54) is 19.3 Å². The molecule has 0 atom stereocenters. The maximum absolute atomic E-state index is 12.2. The highest BCUT2D eigenvalue weighted by molar-refractivity contribution is 5.85. The molecule has 0 aromatic rings. The van der Waals surface area contributed by atoms with E-state index >= 15 is 0 Å². The van der Waals surface area contributed by atoms with Gasteiger partial charge in [0.05, 0.1) is 0 Å². The third-order valence-electron chi connectivity index (χ3n) is 4.60. The summed E-state index contributed by atoms with van der Waals surface area (Å²) in [6.45, 7) is 2.82. The fourth-order valence-corrected chi connectivity index (χ4v) is 2.91. The van der Waals surface area contributed by atoms with E-state index in [9.17, 15) is 4.79 Å². The number of amides is 1. The Balaban J connectivity index is 1.96. The molecular weight excluding hydrogens is 212 g/mol. The summed E-state index contributed by atoms with van der Waals surface area (Å²) in [7, 11) is 0. The van der Waals surface area contributed by atoms with E-state index in [4.69, 9.17) is 5.73 Å². The van der Waals surface area contributed by atoms with Crippen molar-refractivity contribution in [1.29, 1.82) is 0 Å². The summed E-state index contributed by atoms with van der Waals surface area (Å²) in [4.78, 5) is 12.2. The molecule has 0 bridgehead atoms. The van der Waals surface area contributed by atoms with Gasteiger partial charge in [-0.05, 0) is 45.1 Å². The van der Waals surface area contributed by atoms with Crippen LogP contribution in [-0.2, 0) is 4.79 Å². The van der Waals surface area contributed by atoms with Crippen LogP contribution in [0.2, 0.25) is 0 Å². The number of carbonyl (C=O) groups excluding carboxylic acids is 1. The predicted molar refractivity (Wildman–Crippen MR) is 69.6 cm³/mol. The molecule has 2 fully saturated rings. The fourth-order valence-electron chi connectivity index (χ4n) is 2.91. The van der Waals surface area contributed by atoms with Gasteiger partial charge in [0.2, 0.25) is 5.91 Å². The van der Waals surface area contributed by atoms with E-state index in [1.54, 1.807) is 0 Å². The minimum atomic E-state index is -0.0485. The van der Waals surface area contributed by atoms with Crippen molar-refractivity contribution in [2.24, 2.45) is 11.1 Å². The Bertz CT molecular complexity index is 278. The second-order valence-corrected chi connectivity index (χ2v) is 6.25. The Labute approximate surface area is 105 Å². The Kier molecular flexibility index (Phi) is 3.76. The van der Waals surface area contributed by atoms with Gasteiger partial charge in [-0.15, -0.1) is 0 Å². The summed E-state index contributed by atoms with van der Waals surface area (Å²) < 4.78 is 0. The van der Waals surface area contributed by atoms with Crippen molar-refractivity contribution in [3.63, 3.8) is 0 Å². The lowest BCUT2D eigenvalue weighted by Gasteiger charge is -2.39. The first-order valence-corrected chi connectivity index (χ1v) is 7.13. The van der Waals surface area contributed by atoms with Crippen LogP contribution in [0.5, 0.6) is 0 Å². The average Bonchev–Trinajstić information content (AvgIpc) is 3.07. The van der Waals surface area contributed by atoms with Crippen molar-refractivity contribution in [3.05, 3.63) is 0 Å². The Morgan fingerprint density at radius 1 is 1.18 bits per heavy atom. The summed E-state index contributed by atoms with van der Waals surface area (Å²) >= 11 is 0. The molecule has 0 saturated heterocycles. The van der Waals surface area contributed by atoms with Crippen LogP contribution in [-0.4, -0.2) is 18.0 Å². The maximum atomic E-state index is 12.2. The zero-order valence-corrected chi connectivity index (χ0v) is 11.1. The summed E-state index contributed by atoms with van der Waals surface area (Å²) in [6, 6.07) is 0. The van der Waals surface area contributed by atoms with Gasteiger partial charge in [-0.2, -0.15) is 0 Å². The molecule has 2 aliphatic rings. The van der Waals surface area contributed by atoms with E-state index in [0.29, 0.717) is 0 Å². The smallest absolute Gasteiger partial charge is 0.226 e. The molecule has 0 unspecified atom stereocenters. The molecule has 1 amide bonds. The number of hydrogen-bond acceptors (Lipinski definition) is 2. The predicted octanol–water partition coefficient (Wildman–Crippen LogP) is 2.34. The molecule has 0 aliphatic heterocycles. The largest absolute Gasteiger partial charge is 0.350 e. The highest BCUT2D eigenvalue weighted by Crippen LogP contribution is 2.46. The van der Waals surface area contributed by atoms with Crippen molar-refractivity contribution in [2.45, 2.75) is 70.3 Å². The first-order valence-electron chi connectivity index (χ1n) is 7.13. The van der Waals surface area contributed by atoms with Gasteiger partial charge >= 0.3 is 0 Å². The fraction of sp³-hybridized carbons (Fsp3) is 0.929. The molecule has 3 N–H and O–H groups in total. The SMILES string of the molecule is CC1(C(=O)NC2(CCCN)CCCCC2)CC1. The van der Waals surface area contributed by atoms with Gasteiger partial charge in [0, 0.05) is 11.0 Å². The van der Waals surface area contributed by atoms with E-state index in [0.717, 1.165) is 45.1 Å². The summed E-state index contributed by atoms with van der Waals surface area (Å²) in [5, 5.41) is 3.38. The second-order valence-electron chi connectivity index (χ2n) is 6.25. The molecule has 98 valence electrons. The molecule has 2 saturated carbocycles. The van der Waals surface area contributed by atoms with Gasteiger partial charge < -0.3 is 11.1 Å². The second kappa shape index (κ2) is 4.97. The molecule has 0 spiro atoms. The third kappa shape index (κ3) is 3.01. The van der Waals surface area contributed by atoms with E-state index in [-0.39, 0.29) is 16.9 Å². The Hall–Kier alpha value is -0.570. The van der Waals surface area contributed by atoms with Crippen molar-refractivity contribution < 1.29 is 4.79 Å². The molecule has 2 rings (SSSR count). The van der Waals surface area contributed by atoms with Gasteiger partial charge in [0.15, 0.2) is 0 Å². The molecule has 0 aromatic carbocycles. The molecular formula is C14H26N2O. The molecule has 3 nitrogen and oxygen atoms in total. The van der Waals surface area contributed by atoms with E-state index < -0.39 is 0 Å². The van der Waals surface area contributed by atoms with Crippen molar-refractivity contribution >= 4 is 5.91 Å². The maximum Gasteiger partial charge on any atom is 0.226 e. The third-order valence-corrected chi connectivity index (χ3v) is 4.60. The van der Waals surface area contributed by atoms with Crippen LogP contribution in [0.25, 0.3) is 0 Å². The lowest BCUT2D eigenvalue weighted by molar-refractivity contribution is -0.128. The molecule has 2 aliphatic carbocycles. The normalized spacial score (nSPS) is 25.3. The van der Waals surface area contributed by atoms with Gasteiger partial charge in [-0.3, -0.25) is 4.79 Å². The van der Waals surface area contributed by atoms with E-state index in [2.05, 4.69) is 12.2 Å². The minimum Gasteiger partial charge on any atom is -0.350 e. The number of hydrogen-bond donors (Lipinski definition) is 2. The topological polar surface area (TPSA) is 55.1 Å². The molecule has 3 heteroatoms. The van der Waals surface area contributed by atoms with Crippen molar-refractivity contribution in [2.75, 3.05) is 6.54 Å². The monoisotopic (exact) mass is 238 g/mol. The zero-order valence-electron chi connectivity index (χ0n) is 11.1. The average molecular weight is 238 g/mol. The minimum absolute atomic E-state index is 0.0485.